The number of aromatic amines is 1. The molecule has 41 heavy (non-hydrogen) atoms. The number of furan rings is 1. The number of tetrazole rings is 1. The highest BCUT2D eigenvalue weighted by molar-refractivity contribution is 9.10. The molecule has 1 N–H and O–H groups in total. The smallest absolute Gasteiger partial charge is 0.508 e. The quantitative estimate of drug-likeness (QED) is 0.201. The van der Waals surface area contributed by atoms with Gasteiger partial charge in [-0.05, 0) is 53.2 Å². The van der Waals surface area contributed by atoms with Crippen molar-refractivity contribution in [2.75, 3.05) is 19.8 Å². The first kappa shape index (κ1) is 28.2. The van der Waals surface area contributed by atoms with Crippen molar-refractivity contribution in [2.24, 2.45) is 4.99 Å². The number of H-pyrrole nitrogens is 1. The van der Waals surface area contributed by atoms with E-state index in [9.17, 15) is 14.7 Å². The van der Waals surface area contributed by atoms with Gasteiger partial charge in [0.2, 0.25) is 11.7 Å². The van der Waals surface area contributed by atoms with E-state index in [1.165, 1.54) is 0 Å². The minimum atomic E-state index is -1.32. The molecule has 12 nitrogen and oxygen atoms in total. The van der Waals surface area contributed by atoms with E-state index >= 15 is 0 Å². The summed E-state index contributed by atoms with van der Waals surface area (Å²) >= 11 is 3.72. The standard InChI is InChI=1S/C28H27BrN6O6/c1-4-22-30-16(3)24(27(36)37)35(22,12-13-40-28(38)39-5-2)15-17-10-11-21-20(14-17)23(29)25(41-21)18-8-6-7-9-19(18)26-31-33-34-32-26/h6-11,14H,4-5,12-13,15H2,1-3H3,(H-,31,32,33,34,36,37). The van der Waals surface area contributed by atoms with E-state index < -0.39 is 12.1 Å². The van der Waals surface area contributed by atoms with Crippen molar-refractivity contribution in [3.63, 3.8) is 0 Å². The van der Waals surface area contributed by atoms with Crippen LogP contribution in [0, 0.1) is 0 Å². The molecule has 0 aliphatic carbocycles. The largest absolute Gasteiger partial charge is 0.540 e. The van der Waals surface area contributed by atoms with E-state index in [1.54, 1.807) is 13.8 Å². The van der Waals surface area contributed by atoms with Crippen LogP contribution >= 0.6 is 15.9 Å². The number of halogens is 1. The Morgan fingerprint density at radius 2 is 1.90 bits per heavy atom. The first-order chi connectivity index (χ1) is 19.8. The third kappa shape index (κ3) is 5.25. The lowest BCUT2D eigenvalue weighted by Gasteiger charge is -2.36. The molecule has 0 amide bonds. The van der Waals surface area contributed by atoms with E-state index in [2.05, 4.69) is 41.5 Å². The minimum absolute atomic E-state index is 0.0374. The molecule has 0 spiro atoms. The van der Waals surface area contributed by atoms with Crippen molar-refractivity contribution in [3.8, 4) is 22.7 Å². The van der Waals surface area contributed by atoms with Gasteiger partial charge in [-0.25, -0.2) is 9.28 Å². The zero-order valence-corrected chi connectivity index (χ0v) is 24.2. The van der Waals surface area contributed by atoms with Crippen molar-refractivity contribution >= 4 is 44.9 Å². The Balaban J connectivity index is 1.54. The van der Waals surface area contributed by atoms with Crippen LogP contribution in [0.4, 0.5) is 4.79 Å². The number of quaternary nitrogens is 1. The number of aliphatic carboxylic acids is 1. The lowest BCUT2D eigenvalue weighted by molar-refractivity contribution is -0.814. The fourth-order valence-electron chi connectivity index (χ4n) is 5.27. The number of nitrogens with one attached hydrogen (secondary N) is 1. The first-order valence-electron chi connectivity index (χ1n) is 13.0. The van der Waals surface area contributed by atoms with Gasteiger partial charge in [-0.1, -0.05) is 31.2 Å². The maximum absolute atomic E-state index is 12.4. The molecule has 4 aromatic rings. The highest BCUT2D eigenvalue weighted by Gasteiger charge is 2.45. The number of hydrogen-bond acceptors (Lipinski definition) is 10. The van der Waals surface area contributed by atoms with Gasteiger partial charge in [-0.2, -0.15) is 10.2 Å². The molecule has 1 aliphatic heterocycles. The van der Waals surface area contributed by atoms with Crippen LogP contribution in [-0.2, 0) is 20.8 Å². The Bertz CT molecular complexity index is 1680. The summed E-state index contributed by atoms with van der Waals surface area (Å²) in [5.74, 6) is 0.335. The molecule has 13 heteroatoms. The predicted molar refractivity (Wildman–Crippen MR) is 150 cm³/mol. The van der Waals surface area contributed by atoms with Gasteiger partial charge in [0.05, 0.1) is 11.1 Å². The zero-order valence-electron chi connectivity index (χ0n) is 22.6. The summed E-state index contributed by atoms with van der Waals surface area (Å²) in [5, 5.41) is 27.6. The van der Waals surface area contributed by atoms with Crippen molar-refractivity contribution in [2.45, 2.75) is 33.7 Å². The molecular formula is C28H27BrN6O6. The summed E-state index contributed by atoms with van der Waals surface area (Å²) in [6.45, 7) is 5.71. The molecule has 212 valence electrons. The summed E-state index contributed by atoms with van der Waals surface area (Å²) in [6.07, 6.45) is -0.324. The summed E-state index contributed by atoms with van der Waals surface area (Å²) in [6, 6.07) is 13.2. The number of rotatable bonds is 10. The minimum Gasteiger partial charge on any atom is -0.540 e. The van der Waals surface area contributed by atoms with E-state index in [4.69, 9.17) is 13.9 Å². The second-order valence-corrected chi connectivity index (χ2v) is 10.1. The van der Waals surface area contributed by atoms with Gasteiger partial charge < -0.3 is 23.8 Å². The maximum Gasteiger partial charge on any atom is 0.508 e. The number of carboxylic acid groups (broad SMARTS) is 1. The SMILES string of the molecule is CCOC(=O)OCC[N+]1(Cc2ccc3oc(-c4ccccc4-c4nn[nH]n4)c(Br)c3c2)C(CC)=NC(C)=C1C(=O)[O-]. The van der Waals surface area contributed by atoms with Crippen LogP contribution in [0.15, 0.2) is 67.7 Å². The van der Waals surface area contributed by atoms with Crippen LogP contribution in [0.3, 0.4) is 0 Å². The van der Waals surface area contributed by atoms with Gasteiger partial charge in [-0.3, -0.25) is 0 Å². The second kappa shape index (κ2) is 11.6. The molecule has 1 atom stereocenters. The van der Waals surface area contributed by atoms with Crippen LogP contribution in [-0.4, -0.2) is 62.8 Å². The van der Waals surface area contributed by atoms with Crippen LogP contribution in [0.2, 0.25) is 0 Å². The van der Waals surface area contributed by atoms with Gasteiger partial charge in [0, 0.05) is 28.5 Å². The number of benzene rings is 2. The Labute approximate surface area is 243 Å². The van der Waals surface area contributed by atoms with Gasteiger partial charge in [0.25, 0.3) is 0 Å². The number of carbonyl (C=O) groups is 2. The van der Waals surface area contributed by atoms with Gasteiger partial charge >= 0.3 is 6.16 Å². The molecule has 2 aromatic carbocycles. The molecule has 1 aliphatic rings. The Morgan fingerprint density at radius 3 is 2.59 bits per heavy atom. The zero-order chi connectivity index (χ0) is 29.1. The summed E-state index contributed by atoms with van der Waals surface area (Å²) in [4.78, 5) is 28.8. The van der Waals surface area contributed by atoms with Crippen LogP contribution in [0.25, 0.3) is 33.7 Å². The highest BCUT2D eigenvalue weighted by atomic mass is 79.9. The Kier molecular flexibility index (Phi) is 7.99. The summed E-state index contributed by atoms with van der Waals surface area (Å²) in [7, 11) is 0. The topological polar surface area (TPSA) is 156 Å². The average Bonchev–Trinajstić information content (AvgIpc) is 3.66. The highest BCUT2D eigenvalue weighted by Crippen LogP contribution is 2.42. The van der Waals surface area contributed by atoms with Crippen molar-refractivity contribution < 1.29 is 33.1 Å². The molecule has 5 rings (SSSR count). The number of aromatic nitrogens is 4. The molecule has 2 aromatic heterocycles. The third-order valence-electron chi connectivity index (χ3n) is 6.93. The van der Waals surface area contributed by atoms with Crippen molar-refractivity contribution in [3.05, 3.63) is 63.9 Å². The number of fused-ring (bicyclic) bond motifs is 1. The number of carbonyl (C=O) groups excluding carboxylic acids is 2. The molecule has 3 heterocycles. The van der Waals surface area contributed by atoms with E-state index in [0.717, 1.165) is 26.5 Å². The molecule has 0 bridgehead atoms. The number of ether oxygens (including phenoxy) is 2. The fraction of sp³-hybridized carbons (Fsp3) is 0.286. The van der Waals surface area contributed by atoms with Gasteiger partial charge in [0.1, 0.15) is 42.7 Å². The van der Waals surface area contributed by atoms with Crippen molar-refractivity contribution in [1.29, 1.82) is 0 Å². The molecule has 0 fully saturated rings. The predicted octanol–water partition coefficient (Wildman–Crippen LogP) is 4.34. The van der Waals surface area contributed by atoms with E-state index in [-0.39, 0.29) is 36.5 Å². The maximum atomic E-state index is 12.4. The third-order valence-corrected chi connectivity index (χ3v) is 7.72. The van der Waals surface area contributed by atoms with E-state index in [0.29, 0.717) is 35.1 Å². The van der Waals surface area contributed by atoms with Crippen LogP contribution in [0.5, 0.6) is 0 Å². The molecule has 1 unspecified atom stereocenters. The van der Waals surface area contributed by atoms with Gasteiger partial charge in [0.15, 0.2) is 5.70 Å². The molecule has 0 saturated heterocycles. The number of amidine groups is 1. The van der Waals surface area contributed by atoms with Crippen LogP contribution < -0.4 is 5.11 Å². The average molecular weight is 623 g/mol. The summed E-state index contributed by atoms with van der Waals surface area (Å²) < 4.78 is 17.0. The lowest BCUT2D eigenvalue weighted by Crippen LogP contribution is -2.55. The normalized spacial score (nSPS) is 16.7. The van der Waals surface area contributed by atoms with E-state index in [1.807, 2.05) is 49.4 Å². The number of hydrogen-bond donors (Lipinski definition) is 1. The Morgan fingerprint density at radius 1 is 1.12 bits per heavy atom. The molecule has 0 radical (unpaired) electrons. The summed E-state index contributed by atoms with van der Waals surface area (Å²) in [5.41, 5.74) is 3.37. The molecular weight excluding hydrogens is 596 g/mol. The van der Waals surface area contributed by atoms with Crippen molar-refractivity contribution in [1.82, 2.24) is 20.6 Å². The van der Waals surface area contributed by atoms with Crippen LogP contribution in [0.1, 0.15) is 32.8 Å². The lowest BCUT2D eigenvalue weighted by atomic mass is 10.0. The number of carboxylic acids is 1. The molecule has 0 saturated carbocycles. The van der Waals surface area contributed by atoms with Gasteiger partial charge in [-0.15, -0.1) is 10.2 Å². The second-order valence-electron chi connectivity index (χ2n) is 9.34. The number of nitrogens with zero attached hydrogens (tertiary/aromatic N) is 5. The first-order valence-corrected chi connectivity index (χ1v) is 13.8. The monoisotopic (exact) mass is 622 g/mol. The number of aliphatic imine (C=N–C) groups is 1. The Hall–Kier alpha value is -4.36. The fourth-order valence-corrected chi connectivity index (χ4v) is 5.87. The number of allylic oxidation sites excluding steroid dienone is 1.